The van der Waals surface area contributed by atoms with E-state index >= 15 is 0 Å². The van der Waals surface area contributed by atoms with Gasteiger partial charge in [0.25, 0.3) is 15.9 Å². The summed E-state index contributed by atoms with van der Waals surface area (Å²) in [6.07, 6.45) is 0. The maximum Gasteiger partial charge on any atom is 0.266 e. The number of carbonyl (C=O) groups excluding carboxylic acids is 1. The molecule has 1 aliphatic rings. The Balaban J connectivity index is 1.67. The van der Waals surface area contributed by atoms with Crippen LogP contribution < -0.4 is 4.72 Å². The van der Waals surface area contributed by atoms with Gasteiger partial charge in [-0.25, -0.2) is 13.4 Å². The number of aromatic nitrogens is 2. The Labute approximate surface area is 191 Å². The van der Waals surface area contributed by atoms with E-state index in [9.17, 15) is 13.2 Å². The number of hydrogen-bond acceptors (Lipinski definition) is 6. The van der Waals surface area contributed by atoms with E-state index in [-0.39, 0.29) is 10.8 Å². The molecule has 1 saturated heterocycles. The first-order chi connectivity index (χ1) is 15.2. The fourth-order valence-electron chi connectivity index (χ4n) is 3.65. The Hall–Kier alpha value is -2.69. The monoisotopic (exact) mass is 474 g/mol. The number of nitrogens with zero attached hydrogens (tertiary/aromatic N) is 3. The van der Waals surface area contributed by atoms with Gasteiger partial charge in [0.05, 0.1) is 30.3 Å². The Morgan fingerprint density at radius 1 is 1.16 bits per heavy atom. The third-order valence-corrected chi connectivity index (χ3v) is 8.32. The molecule has 32 heavy (non-hydrogen) atoms. The number of anilines is 1. The van der Waals surface area contributed by atoms with Gasteiger partial charge in [0, 0.05) is 25.8 Å². The summed E-state index contributed by atoms with van der Waals surface area (Å²) in [5.41, 5.74) is 3.27. The van der Waals surface area contributed by atoms with Crippen LogP contribution >= 0.6 is 11.3 Å². The predicted molar refractivity (Wildman–Crippen MR) is 125 cm³/mol. The highest BCUT2D eigenvalue weighted by Gasteiger charge is 2.27. The van der Waals surface area contributed by atoms with Crippen molar-refractivity contribution < 1.29 is 17.9 Å². The van der Waals surface area contributed by atoms with E-state index in [1.165, 1.54) is 11.3 Å². The molecule has 8 nitrogen and oxygen atoms in total. The van der Waals surface area contributed by atoms with Crippen LogP contribution in [0.3, 0.4) is 0 Å². The number of morpholine rings is 1. The highest BCUT2D eigenvalue weighted by Crippen LogP contribution is 2.33. The van der Waals surface area contributed by atoms with Gasteiger partial charge in [-0.1, -0.05) is 18.2 Å². The molecule has 0 spiro atoms. The van der Waals surface area contributed by atoms with Crippen molar-refractivity contribution >= 4 is 33.0 Å². The minimum Gasteiger partial charge on any atom is -0.378 e. The van der Waals surface area contributed by atoms with Crippen LogP contribution in [-0.4, -0.2) is 55.1 Å². The largest absolute Gasteiger partial charge is 0.378 e. The van der Waals surface area contributed by atoms with Crippen molar-refractivity contribution in [1.82, 2.24) is 14.5 Å². The summed E-state index contributed by atoms with van der Waals surface area (Å²) in [6, 6.07) is 8.86. The highest BCUT2D eigenvalue weighted by molar-refractivity contribution is 7.92. The lowest BCUT2D eigenvalue weighted by atomic mass is 10.2. The van der Waals surface area contributed by atoms with Crippen LogP contribution in [0.1, 0.15) is 26.6 Å². The van der Waals surface area contributed by atoms with Crippen molar-refractivity contribution in [3.63, 3.8) is 0 Å². The number of rotatable bonds is 5. The maximum atomic E-state index is 13.1. The number of para-hydroxylation sites is 1. The second-order valence-electron chi connectivity index (χ2n) is 7.80. The van der Waals surface area contributed by atoms with Crippen molar-refractivity contribution in [3.8, 4) is 10.7 Å². The molecule has 1 fully saturated rings. The van der Waals surface area contributed by atoms with Gasteiger partial charge in [0.2, 0.25) is 0 Å². The summed E-state index contributed by atoms with van der Waals surface area (Å²) < 4.78 is 36.1. The van der Waals surface area contributed by atoms with Gasteiger partial charge < -0.3 is 14.2 Å². The van der Waals surface area contributed by atoms with Crippen molar-refractivity contribution in [3.05, 3.63) is 52.2 Å². The zero-order chi connectivity index (χ0) is 23.0. The minimum atomic E-state index is -3.80. The second kappa shape index (κ2) is 8.68. The van der Waals surface area contributed by atoms with Crippen LogP contribution in [0.25, 0.3) is 10.7 Å². The summed E-state index contributed by atoms with van der Waals surface area (Å²) >= 11 is 1.29. The van der Waals surface area contributed by atoms with E-state index in [1.807, 2.05) is 19.1 Å². The van der Waals surface area contributed by atoms with E-state index in [0.29, 0.717) is 59.0 Å². The Morgan fingerprint density at radius 2 is 1.84 bits per heavy atom. The molecular formula is C22H26N4O4S2. The average molecular weight is 475 g/mol. The van der Waals surface area contributed by atoms with Gasteiger partial charge in [0.1, 0.15) is 14.8 Å². The molecule has 0 saturated carbocycles. The van der Waals surface area contributed by atoms with E-state index in [0.717, 1.165) is 5.56 Å². The molecular weight excluding hydrogens is 448 g/mol. The molecule has 0 aliphatic carbocycles. The van der Waals surface area contributed by atoms with Crippen molar-refractivity contribution in [2.75, 3.05) is 31.0 Å². The van der Waals surface area contributed by atoms with Gasteiger partial charge in [-0.05, 0) is 38.5 Å². The molecule has 1 aromatic carbocycles. The van der Waals surface area contributed by atoms with Gasteiger partial charge in [-0.2, -0.15) is 0 Å². The average Bonchev–Trinajstić information content (AvgIpc) is 3.30. The molecule has 170 valence electrons. The quantitative estimate of drug-likeness (QED) is 0.612. The van der Waals surface area contributed by atoms with E-state index < -0.39 is 10.0 Å². The predicted octanol–water partition coefficient (Wildman–Crippen LogP) is 3.35. The smallest absolute Gasteiger partial charge is 0.266 e. The number of sulfonamides is 1. The number of thiazole rings is 1. The van der Waals surface area contributed by atoms with Crippen LogP contribution in [0.15, 0.2) is 35.2 Å². The van der Waals surface area contributed by atoms with Gasteiger partial charge in [-0.3, -0.25) is 9.52 Å². The van der Waals surface area contributed by atoms with Gasteiger partial charge in [0.15, 0.2) is 0 Å². The van der Waals surface area contributed by atoms with Crippen LogP contribution in [0, 0.1) is 20.8 Å². The zero-order valence-corrected chi connectivity index (χ0v) is 20.1. The van der Waals surface area contributed by atoms with Crippen LogP contribution in [0.2, 0.25) is 0 Å². The second-order valence-corrected chi connectivity index (χ2v) is 10.4. The molecule has 1 aliphatic heterocycles. The molecule has 4 rings (SSSR count). The lowest BCUT2D eigenvalue weighted by molar-refractivity contribution is 0.0305. The number of benzene rings is 1. The molecule has 2 aromatic heterocycles. The normalized spacial score (nSPS) is 14.6. The number of nitrogens with one attached hydrogen (secondary N) is 1. The van der Waals surface area contributed by atoms with Gasteiger partial charge in [-0.15, -0.1) is 11.3 Å². The summed E-state index contributed by atoms with van der Waals surface area (Å²) in [7, 11) is -1.99. The SMILES string of the molecule is Cc1ccccc1NS(=O)(=O)c1cc(-c2nc(C)c(C(=O)N3CCOCC3)s2)n(C)c1C. The number of amides is 1. The first kappa shape index (κ1) is 22.5. The number of ether oxygens (including phenoxy) is 1. The molecule has 1 N–H and O–H groups in total. The lowest BCUT2D eigenvalue weighted by Crippen LogP contribution is -2.40. The molecule has 3 aromatic rings. The Morgan fingerprint density at radius 3 is 2.53 bits per heavy atom. The summed E-state index contributed by atoms with van der Waals surface area (Å²) in [6.45, 7) is 7.60. The standard InChI is InChI=1S/C22H26N4O4S2/c1-14-7-5-6-8-17(14)24-32(28,29)19-13-18(25(4)16(19)3)21-23-15(2)20(31-21)22(27)26-9-11-30-12-10-26/h5-8,13,24H,9-12H2,1-4H3. The molecule has 0 atom stereocenters. The third kappa shape index (κ3) is 4.17. The molecule has 0 radical (unpaired) electrons. The van der Waals surface area contributed by atoms with Gasteiger partial charge >= 0.3 is 0 Å². The van der Waals surface area contributed by atoms with Crippen LogP contribution in [-0.2, 0) is 21.8 Å². The number of aryl methyl sites for hydroxylation is 2. The number of carbonyl (C=O) groups is 1. The maximum absolute atomic E-state index is 13.1. The molecule has 3 heterocycles. The summed E-state index contributed by atoms with van der Waals surface area (Å²) in [5, 5.41) is 0.613. The van der Waals surface area contributed by atoms with E-state index in [1.54, 1.807) is 48.6 Å². The molecule has 0 unspecified atom stereocenters. The molecule has 1 amide bonds. The fraction of sp³-hybridized carbons (Fsp3) is 0.364. The van der Waals surface area contributed by atoms with E-state index in [2.05, 4.69) is 9.71 Å². The molecule has 0 bridgehead atoms. The van der Waals surface area contributed by atoms with Crippen LogP contribution in [0.4, 0.5) is 5.69 Å². The fourth-order valence-corrected chi connectivity index (χ4v) is 6.16. The van der Waals surface area contributed by atoms with Crippen molar-refractivity contribution in [2.45, 2.75) is 25.7 Å². The van der Waals surface area contributed by atoms with E-state index in [4.69, 9.17) is 4.74 Å². The minimum absolute atomic E-state index is 0.0606. The topological polar surface area (TPSA) is 93.5 Å². The third-order valence-electron chi connectivity index (χ3n) is 5.68. The first-order valence-corrected chi connectivity index (χ1v) is 12.6. The summed E-state index contributed by atoms with van der Waals surface area (Å²) in [4.78, 5) is 20.1. The van der Waals surface area contributed by atoms with Crippen molar-refractivity contribution in [1.29, 1.82) is 0 Å². The Kier molecular flexibility index (Phi) is 6.11. The Bertz CT molecular complexity index is 1270. The van der Waals surface area contributed by atoms with Crippen LogP contribution in [0.5, 0.6) is 0 Å². The first-order valence-electron chi connectivity index (χ1n) is 10.3. The zero-order valence-electron chi connectivity index (χ0n) is 18.5. The van der Waals surface area contributed by atoms with Crippen molar-refractivity contribution in [2.24, 2.45) is 7.05 Å². The molecule has 10 heteroatoms. The number of hydrogen-bond donors (Lipinski definition) is 1. The highest BCUT2D eigenvalue weighted by atomic mass is 32.2. The summed E-state index contributed by atoms with van der Waals surface area (Å²) in [5.74, 6) is -0.0606. The lowest BCUT2D eigenvalue weighted by Gasteiger charge is -2.26.